The van der Waals surface area contributed by atoms with Gasteiger partial charge >= 0.3 is 6.18 Å². The van der Waals surface area contributed by atoms with Crippen molar-refractivity contribution in [2.75, 3.05) is 32.1 Å². The first-order chi connectivity index (χ1) is 9.38. The second-order valence-electron chi connectivity index (χ2n) is 5.65. The summed E-state index contributed by atoms with van der Waals surface area (Å²) < 4.78 is 39.3. The van der Waals surface area contributed by atoms with Crippen LogP contribution in [0.3, 0.4) is 0 Å². The van der Waals surface area contributed by atoms with Gasteiger partial charge in [0.2, 0.25) is 0 Å². The van der Waals surface area contributed by atoms with Crippen molar-refractivity contribution < 1.29 is 13.2 Å². The molecule has 5 heteroatoms. The molecule has 112 valence electrons. The summed E-state index contributed by atoms with van der Waals surface area (Å²) in [5.41, 5.74) is 0.739. The molecule has 1 saturated heterocycles. The van der Waals surface area contributed by atoms with E-state index in [4.69, 9.17) is 0 Å². The fourth-order valence-electron chi connectivity index (χ4n) is 2.71. The number of hydrogen-bond acceptors (Lipinski definition) is 2. The normalized spacial score (nSPS) is 19.9. The Morgan fingerprint density at radius 1 is 1.30 bits per heavy atom. The van der Waals surface area contributed by atoms with E-state index in [1.54, 1.807) is 6.07 Å². The van der Waals surface area contributed by atoms with Crippen LogP contribution in [-0.2, 0) is 12.6 Å². The SMILES string of the molecule is CN(C)c1ccc(C(F)(F)F)c(CC2CCCNC2)c1. The van der Waals surface area contributed by atoms with Gasteiger partial charge in [-0.1, -0.05) is 0 Å². The van der Waals surface area contributed by atoms with E-state index in [1.807, 2.05) is 19.0 Å². The van der Waals surface area contributed by atoms with E-state index >= 15 is 0 Å². The molecule has 1 aromatic rings. The van der Waals surface area contributed by atoms with Crippen molar-refractivity contribution in [2.45, 2.75) is 25.4 Å². The summed E-state index contributed by atoms with van der Waals surface area (Å²) in [5, 5.41) is 3.26. The predicted molar refractivity (Wildman–Crippen MR) is 75.1 cm³/mol. The molecule has 0 aromatic heterocycles. The fraction of sp³-hybridized carbons (Fsp3) is 0.600. The number of nitrogens with zero attached hydrogens (tertiary/aromatic N) is 1. The van der Waals surface area contributed by atoms with Gasteiger partial charge in [0, 0.05) is 19.8 Å². The van der Waals surface area contributed by atoms with E-state index in [1.165, 1.54) is 12.1 Å². The van der Waals surface area contributed by atoms with Crippen LogP contribution < -0.4 is 10.2 Å². The van der Waals surface area contributed by atoms with Gasteiger partial charge in [-0.3, -0.25) is 0 Å². The Balaban J connectivity index is 2.28. The third kappa shape index (κ3) is 3.66. The fourth-order valence-corrected chi connectivity index (χ4v) is 2.71. The van der Waals surface area contributed by atoms with Crippen molar-refractivity contribution in [1.82, 2.24) is 5.32 Å². The van der Waals surface area contributed by atoms with Crippen molar-refractivity contribution in [1.29, 1.82) is 0 Å². The highest BCUT2D eigenvalue weighted by atomic mass is 19.4. The lowest BCUT2D eigenvalue weighted by Gasteiger charge is -2.25. The highest BCUT2D eigenvalue weighted by Crippen LogP contribution is 2.35. The molecular weight excluding hydrogens is 265 g/mol. The maximum atomic E-state index is 13.1. The molecule has 2 rings (SSSR count). The van der Waals surface area contributed by atoms with Gasteiger partial charge in [0.1, 0.15) is 0 Å². The number of nitrogens with one attached hydrogen (secondary N) is 1. The molecule has 1 aliphatic heterocycles. The molecular formula is C15H21F3N2. The van der Waals surface area contributed by atoms with Crippen LogP contribution in [0.2, 0.25) is 0 Å². The first-order valence-corrected chi connectivity index (χ1v) is 6.96. The number of alkyl halides is 3. The number of hydrogen-bond donors (Lipinski definition) is 1. The Hall–Kier alpha value is -1.23. The van der Waals surface area contributed by atoms with Crippen LogP contribution >= 0.6 is 0 Å². The Morgan fingerprint density at radius 3 is 2.60 bits per heavy atom. The van der Waals surface area contributed by atoms with E-state index in [0.29, 0.717) is 17.9 Å². The lowest BCUT2D eigenvalue weighted by Crippen LogP contribution is -2.31. The number of anilines is 1. The van der Waals surface area contributed by atoms with E-state index < -0.39 is 11.7 Å². The summed E-state index contributed by atoms with van der Waals surface area (Å²) in [4.78, 5) is 1.84. The van der Waals surface area contributed by atoms with Crippen molar-refractivity contribution in [2.24, 2.45) is 5.92 Å². The van der Waals surface area contributed by atoms with Crippen molar-refractivity contribution in [3.05, 3.63) is 29.3 Å². The molecule has 1 heterocycles. The smallest absolute Gasteiger partial charge is 0.378 e. The molecule has 0 bridgehead atoms. The van der Waals surface area contributed by atoms with Gasteiger partial charge in [-0.05, 0) is 62.0 Å². The molecule has 1 atom stereocenters. The second kappa shape index (κ2) is 6.04. The summed E-state index contributed by atoms with van der Waals surface area (Å²) in [6.45, 7) is 1.78. The topological polar surface area (TPSA) is 15.3 Å². The largest absolute Gasteiger partial charge is 0.416 e. The minimum atomic E-state index is -4.28. The third-order valence-corrected chi connectivity index (χ3v) is 3.82. The van der Waals surface area contributed by atoms with Crippen LogP contribution in [0.25, 0.3) is 0 Å². The summed E-state index contributed by atoms with van der Waals surface area (Å²) in [5.74, 6) is 0.294. The van der Waals surface area contributed by atoms with E-state index in [0.717, 1.165) is 31.6 Å². The molecule has 0 aliphatic carbocycles. The minimum Gasteiger partial charge on any atom is -0.378 e. The number of piperidine rings is 1. The van der Waals surface area contributed by atoms with Gasteiger partial charge < -0.3 is 10.2 Å². The summed E-state index contributed by atoms with van der Waals surface area (Å²) in [6, 6.07) is 4.42. The molecule has 1 fully saturated rings. The lowest BCUT2D eigenvalue weighted by molar-refractivity contribution is -0.138. The van der Waals surface area contributed by atoms with E-state index in [2.05, 4.69) is 5.32 Å². The van der Waals surface area contributed by atoms with Gasteiger partial charge in [-0.15, -0.1) is 0 Å². The van der Waals surface area contributed by atoms with Gasteiger partial charge in [-0.25, -0.2) is 0 Å². The molecule has 0 amide bonds. The predicted octanol–water partition coefficient (Wildman–Crippen LogP) is 3.31. The molecule has 1 aliphatic rings. The quantitative estimate of drug-likeness (QED) is 0.917. The highest BCUT2D eigenvalue weighted by Gasteiger charge is 2.34. The first-order valence-electron chi connectivity index (χ1n) is 6.96. The molecule has 0 spiro atoms. The van der Waals surface area contributed by atoms with Crippen molar-refractivity contribution >= 4 is 5.69 Å². The average molecular weight is 286 g/mol. The maximum absolute atomic E-state index is 13.1. The van der Waals surface area contributed by atoms with Crippen molar-refractivity contribution in [3.8, 4) is 0 Å². The molecule has 2 nitrogen and oxygen atoms in total. The Bertz CT molecular complexity index is 449. The van der Waals surface area contributed by atoms with Crippen LogP contribution in [0.1, 0.15) is 24.0 Å². The maximum Gasteiger partial charge on any atom is 0.416 e. The van der Waals surface area contributed by atoms with Gasteiger partial charge in [0.05, 0.1) is 5.56 Å². The zero-order valence-corrected chi connectivity index (χ0v) is 11.9. The molecule has 20 heavy (non-hydrogen) atoms. The number of rotatable bonds is 3. The molecule has 1 aromatic carbocycles. The summed E-state index contributed by atoms with van der Waals surface area (Å²) >= 11 is 0. The van der Waals surface area contributed by atoms with E-state index in [9.17, 15) is 13.2 Å². The Labute approximate surface area is 118 Å². The zero-order valence-electron chi connectivity index (χ0n) is 11.9. The van der Waals surface area contributed by atoms with Gasteiger partial charge in [-0.2, -0.15) is 13.2 Å². The lowest BCUT2D eigenvalue weighted by atomic mass is 9.89. The van der Waals surface area contributed by atoms with Crippen molar-refractivity contribution in [3.63, 3.8) is 0 Å². The number of benzene rings is 1. The first kappa shape index (κ1) is 15.2. The van der Waals surface area contributed by atoms with Crippen LogP contribution in [0, 0.1) is 5.92 Å². The van der Waals surface area contributed by atoms with E-state index in [-0.39, 0.29) is 0 Å². The molecule has 1 N–H and O–H groups in total. The second-order valence-corrected chi connectivity index (χ2v) is 5.65. The Morgan fingerprint density at radius 2 is 2.05 bits per heavy atom. The standard InChI is InChI=1S/C15H21F3N2/c1-20(2)13-5-6-14(15(16,17)18)12(9-13)8-11-4-3-7-19-10-11/h5-6,9,11,19H,3-4,7-8,10H2,1-2H3. The minimum absolute atomic E-state index is 0.294. The van der Waals surface area contributed by atoms with Gasteiger partial charge in [0.15, 0.2) is 0 Å². The summed E-state index contributed by atoms with van der Waals surface area (Å²) in [6.07, 6.45) is -1.75. The number of halogens is 3. The molecule has 1 unspecified atom stereocenters. The Kier molecular flexibility index (Phi) is 4.58. The van der Waals surface area contributed by atoms with Crippen LogP contribution in [-0.4, -0.2) is 27.2 Å². The van der Waals surface area contributed by atoms with Crippen LogP contribution in [0.4, 0.5) is 18.9 Å². The zero-order chi connectivity index (χ0) is 14.8. The monoisotopic (exact) mass is 286 g/mol. The molecule has 0 radical (unpaired) electrons. The average Bonchev–Trinajstić information content (AvgIpc) is 2.38. The van der Waals surface area contributed by atoms with Gasteiger partial charge in [0.25, 0.3) is 0 Å². The van der Waals surface area contributed by atoms with Crippen LogP contribution in [0.15, 0.2) is 18.2 Å². The third-order valence-electron chi connectivity index (χ3n) is 3.82. The molecule has 0 saturated carbocycles. The summed E-state index contributed by atoms with van der Waals surface area (Å²) in [7, 11) is 3.68. The van der Waals surface area contributed by atoms with Crippen LogP contribution in [0.5, 0.6) is 0 Å². The highest BCUT2D eigenvalue weighted by molar-refractivity contribution is 5.50.